The van der Waals surface area contributed by atoms with Crippen LogP contribution in [-0.4, -0.2) is 48.9 Å². The van der Waals surface area contributed by atoms with E-state index >= 15 is 0 Å². The second-order valence-electron chi connectivity index (χ2n) is 13.9. The fourth-order valence-electron chi connectivity index (χ4n) is 6.81. The SMILES string of the molecule is CCOC(=O)c1c(NC(=O)C(Sc2cccc(NC(=O)/C(=C\c3ccc(OC)cc3)NC(=O)c3ccccc3)c2)c2ccccc2)sc2c1CCN(Cc1ccccc1)C2. The number of nitrogens with zero attached hydrogens (tertiary/aromatic N) is 1. The molecular formula is C48H44N4O6S2. The van der Waals surface area contributed by atoms with Crippen LogP contribution >= 0.6 is 23.1 Å². The molecule has 0 saturated heterocycles. The van der Waals surface area contributed by atoms with E-state index in [2.05, 4.69) is 33.0 Å². The van der Waals surface area contributed by atoms with E-state index in [0.717, 1.165) is 29.1 Å². The molecule has 1 aromatic heterocycles. The summed E-state index contributed by atoms with van der Waals surface area (Å²) in [7, 11) is 1.57. The monoisotopic (exact) mass is 836 g/mol. The number of hydrogen-bond acceptors (Lipinski definition) is 9. The number of esters is 1. The standard InChI is InChI=1S/C48H44N4O6S2/c1-3-58-48(56)42-39-26-27-52(30-33-14-7-4-8-15-33)31-41(39)60-47(42)51-46(55)43(34-16-9-5-10-17-34)59-38-21-13-20-36(29-38)49-45(54)40(28-32-22-24-37(57-2)25-23-32)50-44(53)35-18-11-6-12-19-35/h4-25,28-29,43H,3,26-27,30-31H2,1-2H3,(H,49,54)(H,50,53)(H,51,55)/b40-28+. The molecule has 3 amide bonds. The zero-order valence-electron chi connectivity index (χ0n) is 33.2. The van der Waals surface area contributed by atoms with Gasteiger partial charge in [-0.3, -0.25) is 19.3 Å². The summed E-state index contributed by atoms with van der Waals surface area (Å²) in [5.41, 5.74) is 4.89. The Kier molecular flexibility index (Phi) is 13.9. The minimum Gasteiger partial charge on any atom is -0.497 e. The number of benzene rings is 5. The summed E-state index contributed by atoms with van der Waals surface area (Å²) in [5, 5.41) is 8.58. The first-order valence-corrected chi connectivity index (χ1v) is 21.2. The summed E-state index contributed by atoms with van der Waals surface area (Å²) in [5.74, 6) is -1.07. The molecule has 1 aliphatic heterocycles. The van der Waals surface area contributed by atoms with Crippen LogP contribution in [-0.2, 0) is 33.8 Å². The van der Waals surface area contributed by atoms with Gasteiger partial charge in [0.05, 0.1) is 19.3 Å². The van der Waals surface area contributed by atoms with Gasteiger partial charge in [-0.05, 0) is 84.1 Å². The number of thioether (sulfide) groups is 1. The van der Waals surface area contributed by atoms with Gasteiger partial charge in [-0.1, -0.05) is 97.1 Å². The van der Waals surface area contributed by atoms with E-state index in [4.69, 9.17) is 9.47 Å². The zero-order chi connectivity index (χ0) is 41.8. The Balaban J connectivity index is 1.12. The molecule has 0 radical (unpaired) electrons. The van der Waals surface area contributed by atoms with Crippen LogP contribution in [0.25, 0.3) is 6.08 Å². The fourth-order valence-corrected chi connectivity index (χ4v) is 9.17. The van der Waals surface area contributed by atoms with Crippen molar-refractivity contribution in [1.82, 2.24) is 10.2 Å². The van der Waals surface area contributed by atoms with E-state index in [1.165, 1.54) is 28.7 Å². The lowest BCUT2D eigenvalue weighted by Gasteiger charge is -2.27. The number of thiophene rings is 1. The van der Waals surface area contributed by atoms with Crippen LogP contribution in [0.3, 0.4) is 0 Å². The summed E-state index contributed by atoms with van der Waals surface area (Å²) >= 11 is 2.74. The lowest BCUT2D eigenvalue weighted by atomic mass is 10.0. The number of anilines is 2. The lowest BCUT2D eigenvalue weighted by molar-refractivity contribution is -0.116. The van der Waals surface area contributed by atoms with Crippen molar-refractivity contribution in [2.45, 2.75) is 36.6 Å². The molecule has 0 aliphatic carbocycles. The highest BCUT2D eigenvalue weighted by atomic mass is 32.2. The van der Waals surface area contributed by atoms with Gasteiger partial charge in [-0.25, -0.2) is 4.79 Å². The van der Waals surface area contributed by atoms with Crippen molar-refractivity contribution in [3.8, 4) is 5.75 Å². The van der Waals surface area contributed by atoms with Crippen LogP contribution in [0.5, 0.6) is 5.75 Å². The minimum atomic E-state index is -0.725. The predicted octanol–water partition coefficient (Wildman–Crippen LogP) is 9.37. The molecule has 60 heavy (non-hydrogen) atoms. The van der Waals surface area contributed by atoms with Crippen molar-refractivity contribution in [3.63, 3.8) is 0 Å². The topological polar surface area (TPSA) is 126 Å². The van der Waals surface area contributed by atoms with Crippen molar-refractivity contribution >= 4 is 63.6 Å². The smallest absolute Gasteiger partial charge is 0.341 e. The molecule has 0 fully saturated rings. The molecule has 1 unspecified atom stereocenters. The second-order valence-corrected chi connectivity index (χ2v) is 16.2. The van der Waals surface area contributed by atoms with Crippen molar-refractivity contribution in [3.05, 3.63) is 183 Å². The van der Waals surface area contributed by atoms with E-state index in [9.17, 15) is 19.2 Å². The molecule has 6 aromatic rings. The lowest BCUT2D eigenvalue weighted by Crippen LogP contribution is -2.30. The summed E-state index contributed by atoms with van der Waals surface area (Å²) in [6, 6.07) is 42.7. The molecule has 304 valence electrons. The van der Waals surface area contributed by atoms with Gasteiger partial charge in [0.2, 0.25) is 5.91 Å². The van der Waals surface area contributed by atoms with Gasteiger partial charge < -0.3 is 25.4 Å². The van der Waals surface area contributed by atoms with Gasteiger partial charge in [-0.2, -0.15) is 0 Å². The first-order chi connectivity index (χ1) is 29.3. The van der Waals surface area contributed by atoms with Crippen molar-refractivity contribution < 1.29 is 28.7 Å². The number of ether oxygens (including phenoxy) is 2. The highest BCUT2D eigenvalue weighted by molar-refractivity contribution is 8.00. The van der Waals surface area contributed by atoms with Crippen molar-refractivity contribution in [2.75, 3.05) is 30.9 Å². The summed E-state index contributed by atoms with van der Waals surface area (Å²) in [4.78, 5) is 59.1. The largest absolute Gasteiger partial charge is 0.497 e. The van der Waals surface area contributed by atoms with E-state index < -0.39 is 23.0 Å². The normalized spacial score (nSPS) is 13.1. The number of amides is 3. The summed E-state index contributed by atoms with van der Waals surface area (Å²) in [6.45, 7) is 4.19. The number of fused-ring (bicyclic) bond motifs is 1. The van der Waals surface area contributed by atoms with Gasteiger partial charge in [0, 0.05) is 40.7 Å². The first kappa shape index (κ1) is 41.7. The Morgan fingerprint density at radius 1 is 0.833 bits per heavy atom. The van der Waals surface area contributed by atoms with Crippen LogP contribution in [0.2, 0.25) is 0 Å². The Morgan fingerprint density at radius 3 is 2.23 bits per heavy atom. The maximum absolute atomic E-state index is 14.4. The molecule has 12 heteroatoms. The molecular weight excluding hydrogens is 793 g/mol. The number of carbonyl (C=O) groups excluding carboxylic acids is 4. The number of methoxy groups -OCH3 is 1. The molecule has 1 atom stereocenters. The van der Waals surface area contributed by atoms with Crippen LogP contribution < -0.4 is 20.7 Å². The van der Waals surface area contributed by atoms with Crippen molar-refractivity contribution in [2.24, 2.45) is 0 Å². The number of hydrogen-bond donors (Lipinski definition) is 3. The van der Waals surface area contributed by atoms with Gasteiger partial charge in [-0.15, -0.1) is 23.1 Å². The number of nitrogens with one attached hydrogen (secondary N) is 3. The minimum absolute atomic E-state index is 0.0350. The average molecular weight is 837 g/mol. The third-order valence-electron chi connectivity index (χ3n) is 9.74. The van der Waals surface area contributed by atoms with Gasteiger partial charge in [0.25, 0.3) is 11.8 Å². The van der Waals surface area contributed by atoms with Gasteiger partial charge in [0.1, 0.15) is 21.7 Å². The summed E-state index contributed by atoms with van der Waals surface area (Å²) in [6.07, 6.45) is 2.25. The number of carbonyl (C=O) groups is 4. The predicted molar refractivity (Wildman–Crippen MR) is 238 cm³/mol. The molecule has 2 heterocycles. The molecule has 0 saturated carbocycles. The Bertz CT molecular complexity index is 2470. The molecule has 3 N–H and O–H groups in total. The molecule has 0 spiro atoms. The Labute approximate surface area is 357 Å². The zero-order valence-corrected chi connectivity index (χ0v) is 34.8. The quantitative estimate of drug-likeness (QED) is 0.0531. The van der Waals surface area contributed by atoms with Crippen LogP contribution in [0.4, 0.5) is 10.7 Å². The third kappa shape index (κ3) is 10.6. The Hall–Kier alpha value is -6.47. The van der Waals surface area contributed by atoms with E-state index in [1.807, 2.05) is 60.7 Å². The maximum atomic E-state index is 14.4. The van der Waals surface area contributed by atoms with Crippen LogP contribution in [0.15, 0.2) is 150 Å². The van der Waals surface area contributed by atoms with E-state index in [1.54, 1.807) is 86.8 Å². The van der Waals surface area contributed by atoms with Gasteiger partial charge >= 0.3 is 5.97 Å². The molecule has 1 aliphatic rings. The molecule has 7 rings (SSSR count). The number of rotatable bonds is 15. The molecule has 10 nitrogen and oxygen atoms in total. The highest BCUT2D eigenvalue weighted by Crippen LogP contribution is 2.41. The fraction of sp³-hybridized carbons (Fsp3) is 0.167. The highest BCUT2D eigenvalue weighted by Gasteiger charge is 2.32. The van der Waals surface area contributed by atoms with Crippen molar-refractivity contribution in [1.29, 1.82) is 0 Å². The van der Waals surface area contributed by atoms with Gasteiger partial charge in [0.15, 0.2) is 0 Å². The summed E-state index contributed by atoms with van der Waals surface area (Å²) < 4.78 is 10.8. The first-order valence-electron chi connectivity index (χ1n) is 19.5. The van der Waals surface area contributed by atoms with E-state index in [-0.39, 0.29) is 18.2 Å². The maximum Gasteiger partial charge on any atom is 0.341 e. The molecule has 5 aromatic carbocycles. The Morgan fingerprint density at radius 2 is 1.53 bits per heavy atom. The molecule has 0 bridgehead atoms. The second kappa shape index (κ2) is 20.0. The van der Waals surface area contributed by atoms with E-state index in [0.29, 0.717) is 51.0 Å². The third-order valence-corrected chi connectivity index (χ3v) is 12.1. The van der Waals surface area contributed by atoms with Crippen LogP contribution in [0, 0.1) is 0 Å². The van der Waals surface area contributed by atoms with Crippen LogP contribution in [0.1, 0.15) is 60.0 Å². The average Bonchev–Trinajstić information content (AvgIpc) is 3.63.